The van der Waals surface area contributed by atoms with Crippen LogP contribution in [0.2, 0.25) is 0 Å². The molecule has 3 aliphatic heterocycles. The minimum absolute atomic E-state index is 0. The molecule has 3 aliphatic rings. The number of ether oxygens (including phenoxy) is 3. The van der Waals surface area contributed by atoms with Crippen molar-refractivity contribution in [3.05, 3.63) is 40.0 Å². The molecule has 3 fully saturated rings. The Morgan fingerprint density at radius 2 is 1.09 bits per heavy atom. The zero-order valence-corrected chi connectivity index (χ0v) is 31.3. The van der Waals surface area contributed by atoms with E-state index in [1.165, 1.54) is 0 Å². The second-order valence-electron chi connectivity index (χ2n) is 9.44. The first-order valence-corrected chi connectivity index (χ1v) is 11.9. The van der Waals surface area contributed by atoms with Crippen LogP contribution in [-0.2, 0) is 112 Å². The van der Waals surface area contributed by atoms with Crippen LogP contribution in [0.25, 0.3) is 0 Å². The van der Waals surface area contributed by atoms with Gasteiger partial charge in [0.2, 0.25) is 0 Å². The Morgan fingerprint density at radius 1 is 0.676 bits per heavy atom. The molecule has 34 heavy (non-hydrogen) atoms. The van der Waals surface area contributed by atoms with Crippen molar-refractivity contribution in [2.75, 3.05) is 0 Å². The summed E-state index contributed by atoms with van der Waals surface area (Å²) in [6, 6.07) is -0.404. The topological polar surface area (TPSA) is 27.7 Å². The van der Waals surface area contributed by atoms with Crippen molar-refractivity contribution < 1.29 is 112 Å². The molecular formula is C26H44B2O3Y3-6. The molecule has 0 saturated carbocycles. The van der Waals surface area contributed by atoms with Gasteiger partial charge in [0.25, 0.3) is 0 Å². The van der Waals surface area contributed by atoms with Gasteiger partial charge in [0.15, 0.2) is 0 Å². The average molecular weight is 693 g/mol. The van der Waals surface area contributed by atoms with Crippen LogP contribution in [-0.4, -0.2) is 50.6 Å². The first-order valence-electron chi connectivity index (χ1n) is 11.9. The van der Waals surface area contributed by atoms with Crippen LogP contribution in [0.1, 0.15) is 74.1 Å². The molecule has 3 heterocycles. The summed E-state index contributed by atoms with van der Waals surface area (Å²) in [5.74, 6) is 1.29. The fraction of sp³-hybridized carbons (Fsp3) is 0.769. The third-order valence-corrected chi connectivity index (χ3v) is 7.39. The second kappa shape index (κ2) is 18.6. The summed E-state index contributed by atoms with van der Waals surface area (Å²) in [7, 11) is 11.2. The first kappa shape index (κ1) is 41.8. The van der Waals surface area contributed by atoms with Crippen LogP contribution in [0.15, 0.2) is 0 Å². The monoisotopic (exact) mass is 693 g/mol. The molecule has 0 N–H and O–H groups in total. The minimum Gasteiger partial charge on any atom is -0.446 e. The molecule has 3 unspecified atom stereocenters. The Kier molecular flexibility index (Phi) is 22.9. The van der Waals surface area contributed by atoms with Gasteiger partial charge in [-0.1, -0.05) is 84.6 Å². The predicted molar refractivity (Wildman–Crippen MR) is 132 cm³/mol. The summed E-state index contributed by atoms with van der Waals surface area (Å²) in [5.41, 5.74) is -0.488. The zero-order valence-electron chi connectivity index (χ0n) is 22.8. The first-order chi connectivity index (χ1) is 14.3. The van der Waals surface area contributed by atoms with Crippen LogP contribution >= 0.6 is 0 Å². The minimum atomic E-state index is -0.264. The Balaban J connectivity index is -0.000000407. The van der Waals surface area contributed by atoms with Crippen LogP contribution in [0.3, 0.4) is 0 Å². The van der Waals surface area contributed by atoms with Crippen molar-refractivity contribution >= 4 is 15.7 Å². The van der Waals surface area contributed by atoms with Gasteiger partial charge in [-0.05, 0) is 6.42 Å². The average Bonchev–Trinajstić information content (AvgIpc) is 3.26. The van der Waals surface area contributed by atoms with Crippen molar-refractivity contribution in [1.82, 2.24) is 0 Å². The van der Waals surface area contributed by atoms with Gasteiger partial charge >= 0.3 is 0 Å². The van der Waals surface area contributed by atoms with E-state index in [1.54, 1.807) is 0 Å². The van der Waals surface area contributed by atoms with E-state index in [0.717, 1.165) is 25.7 Å². The summed E-state index contributed by atoms with van der Waals surface area (Å²) < 4.78 is 16.7. The summed E-state index contributed by atoms with van der Waals surface area (Å²) in [6.07, 6.45) is 10.2. The van der Waals surface area contributed by atoms with Gasteiger partial charge in [-0.25, -0.2) is 0 Å². The number of hydrogen-bond acceptors (Lipinski definition) is 3. The van der Waals surface area contributed by atoms with Crippen LogP contribution < -0.4 is 0 Å². The third-order valence-electron chi connectivity index (χ3n) is 7.39. The number of hydrogen-bond donors (Lipinski definition) is 0. The van der Waals surface area contributed by atoms with E-state index in [9.17, 15) is 0 Å². The summed E-state index contributed by atoms with van der Waals surface area (Å²) in [5, 5.41) is 0. The third kappa shape index (κ3) is 11.4. The molecule has 0 aromatic carbocycles. The van der Waals surface area contributed by atoms with Crippen molar-refractivity contribution in [1.29, 1.82) is 0 Å². The molecule has 0 aromatic heterocycles. The van der Waals surface area contributed by atoms with E-state index in [0.29, 0.717) is 17.8 Å². The van der Waals surface area contributed by atoms with Gasteiger partial charge in [0, 0.05) is 104 Å². The molecule has 7 radical (unpaired) electrons. The van der Waals surface area contributed by atoms with E-state index in [1.807, 2.05) is 6.42 Å². The fourth-order valence-electron chi connectivity index (χ4n) is 4.53. The van der Waals surface area contributed by atoms with Gasteiger partial charge in [0.1, 0.15) is 0 Å². The molecular weight excluding hydrogens is 649 g/mol. The molecule has 0 amide bonds. The van der Waals surface area contributed by atoms with E-state index >= 15 is 0 Å². The van der Waals surface area contributed by atoms with Gasteiger partial charge in [-0.2, -0.15) is 18.3 Å². The van der Waals surface area contributed by atoms with Crippen LogP contribution in [0.4, 0.5) is 0 Å². The van der Waals surface area contributed by atoms with Crippen molar-refractivity contribution in [3.8, 4) is 0 Å². The van der Waals surface area contributed by atoms with Gasteiger partial charge in [0.05, 0.1) is 15.7 Å². The molecule has 0 bridgehead atoms. The molecule has 0 aliphatic carbocycles. The van der Waals surface area contributed by atoms with Crippen LogP contribution in [0.5, 0.6) is 0 Å². The normalized spacial score (nSPS) is 42.6. The summed E-state index contributed by atoms with van der Waals surface area (Å²) in [4.78, 5) is 0. The molecule has 0 aromatic rings. The van der Waals surface area contributed by atoms with E-state index in [4.69, 9.17) is 29.9 Å². The summed E-state index contributed by atoms with van der Waals surface area (Å²) >= 11 is 0. The van der Waals surface area contributed by atoms with Crippen LogP contribution in [0, 0.1) is 57.8 Å². The molecule has 3 saturated heterocycles. The standard InChI is InChI=1S/C9H15BO.C9H16O.C8H13BO.3Y/c1-4-9(5-2)7(3)6-8(10)11-9;1-5-9(4)7(2)6-8(3)10-9;1-4-8(3)6(2)5-7(9)10-8;;;/h6-8H,1,4-5H2,2-3H3;6-8H,4-5H2,1-3H3;5-7H,3-4H2,1-2H3;;;/q3*-2;;;/t2*7-,8+,9?;6-,7+,8?;;;/m010.../s1. The molecule has 9 atom stereocenters. The van der Waals surface area contributed by atoms with E-state index in [-0.39, 0.29) is 133 Å². The van der Waals surface area contributed by atoms with Crippen molar-refractivity contribution in [2.45, 2.75) is 109 Å². The second-order valence-corrected chi connectivity index (χ2v) is 9.44. The maximum atomic E-state index is 5.65. The number of rotatable bonds is 4. The Hall–Kier alpha value is 3.32. The Morgan fingerprint density at radius 3 is 1.26 bits per heavy atom. The fourth-order valence-corrected chi connectivity index (χ4v) is 4.53. The molecule has 0 spiro atoms. The molecule has 3 rings (SSSR count). The van der Waals surface area contributed by atoms with Crippen molar-refractivity contribution in [2.24, 2.45) is 17.8 Å². The van der Waals surface area contributed by atoms with Gasteiger partial charge in [-0.3, -0.25) is 6.42 Å². The Bertz CT molecular complexity index is 511. The quantitative estimate of drug-likeness (QED) is 0.297. The maximum absolute atomic E-state index is 5.65. The van der Waals surface area contributed by atoms with Gasteiger partial charge in [-0.15, -0.1) is 11.9 Å². The molecule has 3 nitrogen and oxygen atoms in total. The van der Waals surface area contributed by atoms with Gasteiger partial charge < -0.3 is 47.8 Å². The molecule has 8 heteroatoms. The SMILES string of the molecule is [B][C@H]1[CH-][C@H](C)C(C[CH2-])(CC)O1.[B][C@H]1[CH-][C@H](C)C([CH2-])(CC)O1.[CH2-]C1(CC)O[C@@H](C)[CH-][C@H]1C.[Y].[Y].[Y]. The summed E-state index contributed by atoms with van der Waals surface area (Å²) in [6.45, 7) is 26.7. The Labute approximate surface area is 291 Å². The van der Waals surface area contributed by atoms with E-state index in [2.05, 4.69) is 82.1 Å². The maximum Gasteiger partial charge on any atom is 0.0625 e. The zero-order chi connectivity index (χ0) is 24.0. The van der Waals surface area contributed by atoms with E-state index < -0.39 is 0 Å². The molecule has 187 valence electrons. The largest absolute Gasteiger partial charge is 0.446 e. The predicted octanol–water partition coefficient (Wildman–Crippen LogP) is 5.28. The smallest absolute Gasteiger partial charge is 0.0625 e. The van der Waals surface area contributed by atoms with Crippen molar-refractivity contribution in [3.63, 3.8) is 0 Å².